The van der Waals surface area contributed by atoms with Gasteiger partial charge in [0.05, 0.1) is 0 Å². The number of hydrogen-bond acceptors (Lipinski definition) is 0. The van der Waals surface area contributed by atoms with Crippen molar-refractivity contribution in [3.05, 3.63) is 74.4 Å². The van der Waals surface area contributed by atoms with Crippen LogP contribution in [0.3, 0.4) is 0 Å². The van der Waals surface area contributed by atoms with Gasteiger partial charge in [0.25, 0.3) is 0 Å². The van der Waals surface area contributed by atoms with Gasteiger partial charge in [-0.1, -0.05) is 24.3 Å². The first-order chi connectivity index (χ1) is 11.9. The van der Waals surface area contributed by atoms with Crippen LogP contribution in [0.1, 0.15) is 42.4 Å². The molecule has 0 aliphatic heterocycles. The standard InChI is InChI=1S/C24H20/c1-2-11-8-19-22-15-4-13(5-15)17(22)10-18-14-6-16(7-14)23(18)20-9-12(3-1)21(11)24(19)20/h1-3,10,13-16H,4-9H2/b17-10-,18-10?,22-19-,23-20?. The number of benzene rings is 1. The van der Waals surface area contributed by atoms with E-state index in [9.17, 15) is 0 Å². The first kappa shape index (κ1) is 11.7. The summed E-state index contributed by atoms with van der Waals surface area (Å²) in [4.78, 5) is 0. The van der Waals surface area contributed by atoms with Gasteiger partial charge in [-0.25, -0.2) is 0 Å². The van der Waals surface area contributed by atoms with Gasteiger partial charge in [0.1, 0.15) is 0 Å². The summed E-state index contributed by atoms with van der Waals surface area (Å²) in [6.07, 6.45) is 11.0. The van der Waals surface area contributed by atoms with Crippen molar-refractivity contribution in [1.29, 1.82) is 0 Å². The third-order valence-electron chi connectivity index (χ3n) is 8.38. The van der Waals surface area contributed by atoms with Crippen molar-refractivity contribution >= 4 is 5.57 Å². The molecule has 24 heavy (non-hydrogen) atoms. The molecule has 0 heterocycles. The Bertz CT molecular complexity index is 1010. The van der Waals surface area contributed by atoms with Crippen molar-refractivity contribution in [3.63, 3.8) is 0 Å². The monoisotopic (exact) mass is 308 g/mol. The Morgan fingerprint density at radius 1 is 0.708 bits per heavy atom. The van der Waals surface area contributed by atoms with E-state index in [0.717, 1.165) is 23.7 Å². The molecule has 0 heteroatoms. The van der Waals surface area contributed by atoms with Crippen LogP contribution in [0, 0.1) is 23.7 Å². The number of allylic oxidation sites excluding steroid dienone is 8. The summed E-state index contributed by atoms with van der Waals surface area (Å²) in [5.74, 6) is 3.58. The van der Waals surface area contributed by atoms with Gasteiger partial charge in [-0.15, -0.1) is 0 Å². The molecule has 0 unspecified atom stereocenters. The molecule has 0 atom stereocenters. The predicted molar refractivity (Wildman–Crippen MR) is 95.3 cm³/mol. The van der Waals surface area contributed by atoms with Gasteiger partial charge < -0.3 is 0 Å². The van der Waals surface area contributed by atoms with Gasteiger partial charge in [-0.3, -0.25) is 0 Å². The maximum Gasteiger partial charge on any atom is -0.00103 e. The van der Waals surface area contributed by atoms with Gasteiger partial charge in [-0.05, 0) is 118 Å². The summed E-state index contributed by atoms with van der Waals surface area (Å²) in [5.41, 5.74) is 17.3. The molecule has 4 bridgehead atoms. The molecular formula is C24H20. The molecule has 4 fully saturated rings. The van der Waals surface area contributed by atoms with Crippen molar-refractivity contribution in [2.24, 2.45) is 23.7 Å². The van der Waals surface area contributed by atoms with Gasteiger partial charge >= 0.3 is 0 Å². The predicted octanol–water partition coefficient (Wildman–Crippen LogP) is 5.17. The summed E-state index contributed by atoms with van der Waals surface area (Å²) >= 11 is 0. The van der Waals surface area contributed by atoms with Crippen molar-refractivity contribution in [3.8, 4) is 0 Å². The molecule has 9 aliphatic rings. The largest absolute Gasteiger partial charge is 0.0617 e. The lowest BCUT2D eigenvalue weighted by molar-refractivity contribution is 0.319. The van der Waals surface area contributed by atoms with Crippen LogP contribution in [0.5, 0.6) is 0 Å². The quantitative estimate of drug-likeness (QED) is 0.620. The van der Waals surface area contributed by atoms with Crippen LogP contribution in [0.15, 0.2) is 57.7 Å². The van der Waals surface area contributed by atoms with Crippen molar-refractivity contribution in [2.75, 3.05) is 0 Å². The zero-order valence-electron chi connectivity index (χ0n) is 13.9. The van der Waals surface area contributed by atoms with Gasteiger partial charge in [-0.2, -0.15) is 0 Å². The summed E-state index contributed by atoms with van der Waals surface area (Å²) in [5, 5.41) is 0. The fourth-order valence-electron chi connectivity index (χ4n) is 7.30. The van der Waals surface area contributed by atoms with Crippen molar-refractivity contribution < 1.29 is 0 Å². The highest BCUT2D eigenvalue weighted by atomic mass is 14.6. The molecule has 0 saturated heterocycles. The van der Waals surface area contributed by atoms with E-state index >= 15 is 0 Å². The first-order valence-corrected chi connectivity index (χ1v) is 9.91. The molecule has 1 aromatic carbocycles. The molecule has 0 amide bonds. The smallest absolute Gasteiger partial charge is 0.00103 e. The maximum atomic E-state index is 2.72. The fourth-order valence-corrected chi connectivity index (χ4v) is 7.30. The van der Waals surface area contributed by atoms with E-state index in [4.69, 9.17) is 0 Å². The summed E-state index contributed by atoms with van der Waals surface area (Å²) < 4.78 is 0. The van der Waals surface area contributed by atoms with Crippen molar-refractivity contribution in [1.82, 2.24) is 0 Å². The SMILES string of the molecule is C1=C2\C(=C3\Cc4cccc5c4C3=C(C5)C3=C/1C1CC3C1)C1CC2C1. The lowest BCUT2D eigenvalue weighted by Crippen LogP contribution is -2.16. The third kappa shape index (κ3) is 1.05. The van der Waals surface area contributed by atoms with Crippen LogP contribution in [0.2, 0.25) is 0 Å². The fraction of sp³-hybridized carbons (Fsp3) is 0.417. The molecule has 0 aromatic heterocycles. The van der Waals surface area contributed by atoms with Crippen LogP contribution >= 0.6 is 0 Å². The van der Waals surface area contributed by atoms with E-state index in [-0.39, 0.29) is 0 Å². The molecule has 0 N–H and O–H groups in total. The van der Waals surface area contributed by atoms with Crippen LogP contribution < -0.4 is 0 Å². The molecule has 0 spiro atoms. The molecule has 1 aromatic rings. The highest BCUT2D eigenvalue weighted by Gasteiger charge is 2.52. The summed E-state index contributed by atoms with van der Waals surface area (Å²) in [7, 11) is 0. The first-order valence-electron chi connectivity index (χ1n) is 9.91. The average Bonchev–Trinajstić information content (AvgIpc) is 3.26. The normalized spacial score (nSPS) is 43.6. The second-order valence-corrected chi connectivity index (χ2v) is 9.25. The zero-order chi connectivity index (χ0) is 15.2. The van der Waals surface area contributed by atoms with E-state index in [1.165, 1.54) is 38.5 Å². The van der Waals surface area contributed by atoms with Crippen LogP contribution in [-0.2, 0) is 12.8 Å². The highest BCUT2D eigenvalue weighted by molar-refractivity contribution is 5.97. The molecule has 4 saturated carbocycles. The Hall–Kier alpha value is -1.82. The second kappa shape index (κ2) is 3.43. The van der Waals surface area contributed by atoms with E-state index in [2.05, 4.69) is 24.3 Å². The van der Waals surface area contributed by atoms with Gasteiger partial charge in [0.15, 0.2) is 0 Å². The summed E-state index contributed by atoms with van der Waals surface area (Å²) in [6, 6.07) is 7.11. The maximum absolute atomic E-state index is 2.72. The minimum Gasteiger partial charge on any atom is -0.0617 e. The van der Waals surface area contributed by atoms with Crippen LogP contribution in [0.4, 0.5) is 0 Å². The molecule has 10 rings (SSSR count). The Labute approximate surface area is 142 Å². The Kier molecular flexibility index (Phi) is 1.67. The average molecular weight is 308 g/mol. The third-order valence-corrected chi connectivity index (χ3v) is 8.38. The minimum absolute atomic E-state index is 0.891. The lowest BCUT2D eigenvalue weighted by Gasteiger charge is -2.26. The van der Waals surface area contributed by atoms with E-state index in [1.54, 1.807) is 44.6 Å². The van der Waals surface area contributed by atoms with E-state index < -0.39 is 0 Å². The van der Waals surface area contributed by atoms with Crippen LogP contribution in [-0.4, -0.2) is 0 Å². The van der Waals surface area contributed by atoms with Crippen LogP contribution in [0.25, 0.3) is 5.57 Å². The highest BCUT2D eigenvalue weighted by Crippen LogP contribution is 2.66. The number of rotatable bonds is 0. The van der Waals surface area contributed by atoms with E-state index in [0.29, 0.717) is 0 Å². The van der Waals surface area contributed by atoms with Gasteiger partial charge in [0.2, 0.25) is 0 Å². The zero-order valence-corrected chi connectivity index (χ0v) is 13.9. The second-order valence-electron chi connectivity index (χ2n) is 9.25. The Morgan fingerprint density at radius 2 is 1.42 bits per heavy atom. The summed E-state index contributed by atoms with van der Waals surface area (Å²) in [6.45, 7) is 0. The molecule has 0 radical (unpaired) electrons. The molecular weight excluding hydrogens is 288 g/mol. The van der Waals surface area contributed by atoms with Gasteiger partial charge in [0, 0.05) is 0 Å². The molecule has 116 valence electrons. The van der Waals surface area contributed by atoms with Crippen molar-refractivity contribution in [2.45, 2.75) is 38.5 Å². The lowest BCUT2D eigenvalue weighted by atomic mass is 9.78. The Morgan fingerprint density at radius 3 is 2.25 bits per heavy atom. The minimum atomic E-state index is 0.891. The Balaban J connectivity index is 1.54. The van der Waals surface area contributed by atoms with E-state index in [1.807, 2.05) is 11.1 Å². The molecule has 9 aliphatic carbocycles. The number of hydrogen-bond donors (Lipinski definition) is 0. The molecule has 0 nitrogen and oxygen atoms in total. The topological polar surface area (TPSA) is 0 Å².